The lowest BCUT2D eigenvalue weighted by Gasteiger charge is -2.36. The summed E-state index contributed by atoms with van der Waals surface area (Å²) in [6.45, 7) is 1.82. The highest BCUT2D eigenvalue weighted by Gasteiger charge is 2.23. The van der Waals surface area contributed by atoms with Crippen LogP contribution < -0.4 is 5.73 Å². The second kappa shape index (κ2) is 3.83. The molecule has 0 amide bonds. The fourth-order valence-corrected chi connectivity index (χ4v) is 1.70. The molecule has 0 saturated carbocycles. The van der Waals surface area contributed by atoms with Gasteiger partial charge in [0.15, 0.2) is 17.5 Å². The Bertz CT molecular complexity index is 352. The first-order chi connectivity index (χ1) is 7.06. The molecule has 2 nitrogen and oxygen atoms in total. The van der Waals surface area contributed by atoms with Crippen molar-refractivity contribution in [1.82, 2.24) is 4.90 Å². The molecule has 15 heavy (non-hydrogen) atoms. The fraction of sp³-hybridized carbons (Fsp3) is 0.400. The molecule has 0 aromatic heterocycles. The molecule has 5 heteroatoms. The highest BCUT2D eigenvalue weighted by atomic mass is 19.2. The molecule has 1 aliphatic rings. The minimum Gasteiger partial charge on any atom is -0.325 e. The Morgan fingerprint density at radius 2 is 1.73 bits per heavy atom. The van der Waals surface area contributed by atoms with Gasteiger partial charge in [0.05, 0.1) is 0 Å². The van der Waals surface area contributed by atoms with Crippen LogP contribution in [0.2, 0.25) is 0 Å². The quantitative estimate of drug-likeness (QED) is 0.754. The Morgan fingerprint density at radius 3 is 2.20 bits per heavy atom. The molecule has 0 aliphatic carbocycles. The van der Waals surface area contributed by atoms with Gasteiger partial charge in [-0.3, -0.25) is 4.90 Å². The van der Waals surface area contributed by atoms with Gasteiger partial charge in [-0.05, 0) is 17.7 Å². The van der Waals surface area contributed by atoms with Gasteiger partial charge in [0.1, 0.15) is 0 Å². The van der Waals surface area contributed by atoms with E-state index in [0.717, 1.165) is 12.1 Å². The van der Waals surface area contributed by atoms with Crippen LogP contribution in [0.1, 0.15) is 5.56 Å². The molecule has 2 N–H and O–H groups in total. The monoisotopic (exact) mass is 216 g/mol. The van der Waals surface area contributed by atoms with E-state index in [1.54, 1.807) is 0 Å². The minimum absolute atomic E-state index is 0.139. The van der Waals surface area contributed by atoms with Crippen LogP contribution in [-0.4, -0.2) is 24.0 Å². The summed E-state index contributed by atoms with van der Waals surface area (Å²) in [5.74, 6) is -3.70. The van der Waals surface area contributed by atoms with Crippen molar-refractivity contribution in [1.29, 1.82) is 0 Å². The van der Waals surface area contributed by atoms with Crippen LogP contribution in [0.5, 0.6) is 0 Å². The Hall–Kier alpha value is -1.07. The van der Waals surface area contributed by atoms with Gasteiger partial charge in [0.2, 0.25) is 0 Å². The number of rotatable bonds is 2. The van der Waals surface area contributed by atoms with Crippen molar-refractivity contribution in [2.75, 3.05) is 13.1 Å². The van der Waals surface area contributed by atoms with E-state index in [-0.39, 0.29) is 6.04 Å². The minimum atomic E-state index is -1.42. The van der Waals surface area contributed by atoms with Crippen LogP contribution in [0.25, 0.3) is 0 Å². The van der Waals surface area contributed by atoms with Crippen molar-refractivity contribution in [3.05, 3.63) is 35.1 Å². The van der Waals surface area contributed by atoms with Crippen LogP contribution in [0.3, 0.4) is 0 Å². The Balaban J connectivity index is 2.09. The third kappa shape index (κ3) is 2.13. The van der Waals surface area contributed by atoms with Gasteiger partial charge in [0, 0.05) is 25.7 Å². The molecule has 0 radical (unpaired) electrons. The number of nitrogens with two attached hydrogens (primary N) is 1. The zero-order chi connectivity index (χ0) is 11.0. The molecule has 0 bridgehead atoms. The van der Waals surface area contributed by atoms with E-state index in [4.69, 9.17) is 5.73 Å². The maximum absolute atomic E-state index is 12.8. The predicted molar refractivity (Wildman–Crippen MR) is 49.6 cm³/mol. The van der Waals surface area contributed by atoms with E-state index in [2.05, 4.69) is 0 Å². The molecular formula is C10H11F3N2. The lowest BCUT2D eigenvalue weighted by molar-refractivity contribution is 0.142. The van der Waals surface area contributed by atoms with E-state index in [9.17, 15) is 13.2 Å². The topological polar surface area (TPSA) is 29.3 Å². The maximum Gasteiger partial charge on any atom is 0.194 e. The highest BCUT2D eigenvalue weighted by molar-refractivity contribution is 5.19. The van der Waals surface area contributed by atoms with Crippen LogP contribution in [-0.2, 0) is 6.54 Å². The van der Waals surface area contributed by atoms with Gasteiger partial charge >= 0.3 is 0 Å². The molecule has 2 rings (SSSR count). The van der Waals surface area contributed by atoms with Gasteiger partial charge in [-0.1, -0.05) is 0 Å². The molecule has 1 heterocycles. The van der Waals surface area contributed by atoms with E-state index >= 15 is 0 Å². The summed E-state index contributed by atoms with van der Waals surface area (Å²) in [4.78, 5) is 1.94. The third-order valence-electron chi connectivity index (χ3n) is 2.44. The third-order valence-corrected chi connectivity index (χ3v) is 2.44. The molecule has 0 atom stereocenters. The van der Waals surface area contributed by atoms with Crippen LogP contribution in [0, 0.1) is 17.5 Å². The Kier molecular flexibility index (Phi) is 2.67. The van der Waals surface area contributed by atoms with Crippen molar-refractivity contribution in [3.63, 3.8) is 0 Å². The molecule has 0 spiro atoms. The van der Waals surface area contributed by atoms with E-state index in [0.29, 0.717) is 25.2 Å². The average Bonchev–Trinajstić information content (AvgIpc) is 2.11. The number of hydrogen-bond acceptors (Lipinski definition) is 2. The van der Waals surface area contributed by atoms with Gasteiger partial charge in [-0.2, -0.15) is 0 Å². The molecule has 0 unspecified atom stereocenters. The summed E-state index contributed by atoms with van der Waals surface area (Å²) in [6, 6.07) is 2.17. The summed E-state index contributed by atoms with van der Waals surface area (Å²) in [6.07, 6.45) is 0. The number of hydrogen-bond donors (Lipinski definition) is 1. The number of likely N-dealkylation sites (tertiary alicyclic amines) is 1. The molecule has 1 aromatic rings. The molecule has 1 aliphatic heterocycles. The average molecular weight is 216 g/mol. The van der Waals surface area contributed by atoms with Crippen LogP contribution in [0.4, 0.5) is 13.2 Å². The smallest absolute Gasteiger partial charge is 0.194 e. The molecule has 1 saturated heterocycles. The lowest BCUT2D eigenvalue weighted by Crippen LogP contribution is -2.54. The Morgan fingerprint density at radius 1 is 1.20 bits per heavy atom. The Labute approximate surface area is 85.5 Å². The highest BCUT2D eigenvalue weighted by Crippen LogP contribution is 2.17. The number of halogens is 3. The van der Waals surface area contributed by atoms with E-state index in [1.165, 1.54) is 0 Å². The summed E-state index contributed by atoms with van der Waals surface area (Å²) >= 11 is 0. The zero-order valence-electron chi connectivity index (χ0n) is 8.01. The van der Waals surface area contributed by atoms with Gasteiger partial charge in [-0.25, -0.2) is 13.2 Å². The predicted octanol–water partition coefficient (Wildman–Crippen LogP) is 1.25. The van der Waals surface area contributed by atoms with Crippen LogP contribution in [0.15, 0.2) is 12.1 Å². The maximum atomic E-state index is 12.8. The van der Waals surface area contributed by atoms with Crippen molar-refractivity contribution < 1.29 is 13.2 Å². The van der Waals surface area contributed by atoms with Gasteiger partial charge < -0.3 is 5.73 Å². The standard InChI is InChI=1S/C10H11F3N2/c11-8-1-6(2-9(12)10(8)13)3-15-4-7(14)5-15/h1-2,7H,3-5,14H2. The van der Waals surface area contributed by atoms with Crippen molar-refractivity contribution in [2.45, 2.75) is 12.6 Å². The van der Waals surface area contributed by atoms with Gasteiger partial charge in [-0.15, -0.1) is 0 Å². The summed E-state index contributed by atoms with van der Waals surface area (Å²) < 4.78 is 38.3. The summed E-state index contributed by atoms with van der Waals surface area (Å²) in [5, 5.41) is 0. The fourth-order valence-electron chi connectivity index (χ4n) is 1.70. The van der Waals surface area contributed by atoms with Crippen molar-refractivity contribution in [3.8, 4) is 0 Å². The summed E-state index contributed by atoms with van der Waals surface area (Å²) in [7, 11) is 0. The SMILES string of the molecule is NC1CN(Cc2cc(F)c(F)c(F)c2)C1. The van der Waals surface area contributed by atoms with Gasteiger partial charge in [0.25, 0.3) is 0 Å². The largest absolute Gasteiger partial charge is 0.325 e. The lowest BCUT2D eigenvalue weighted by atomic mass is 10.1. The normalized spacial score (nSPS) is 17.9. The first-order valence-electron chi connectivity index (χ1n) is 4.67. The number of benzene rings is 1. The molecule has 82 valence electrons. The zero-order valence-corrected chi connectivity index (χ0v) is 8.01. The summed E-state index contributed by atoms with van der Waals surface area (Å²) in [5.41, 5.74) is 5.99. The second-order valence-corrected chi connectivity index (χ2v) is 3.83. The molecule has 1 aromatic carbocycles. The molecule has 1 fully saturated rings. The van der Waals surface area contributed by atoms with E-state index in [1.807, 2.05) is 4.90 Å². The molecular weight excluding hydrogens is 205 g/mol. The van der Waals surface area contributed by atoms with Crippen molar-refractivity contribution >= 4 is 0 Å². The first-order valence-corrected chi connectivity index (χ1v) is 4.67. The second-order valence-electron chi connectivity index (χ2n) is 3.83. The first kappa shape index (κ1) is 10.4. The van der Waals surface area contributed by atoms with E-state index < -0.39 is 17.5 Å². The number of nitrogens with zero attached hydrogens (tertiary/aromatic N) is 1. The van der Waals surface area contributed by atoms with Crippen LogP contribution >= 0.6 is 0 Å². The van der Waals surface area contributed by atoms with Crippen molar-refractivity contribution in [2.24, 2.45) is 5.73 Å².